The number of carboxylic acid groups (broad SMARTS) is 1. The molecule has 0 radical (unpaired) electrons. The van der Waals surface area contributed by atoms with E-state index in [1.54, 1.807) is 0 Å². The minimum absolute atomic E-state index is 0.108. The zero-order valence-electron chi connectivity index (χ0n) is 8.99. The van der Waals surface area contributed by atoms with Gasteiger partial charge in [-0.3, -0.25) is 9.59 Å². The zero-order valence-corrected chi connectivity index (χ0v) is 8.99. The van der Waals surface area contributed by atoms with Gasteiger partial charge in [0.05, 0.1) is 6.42 Å². The monoisotopic (exact) mass is 212 g/mol. The fourth-order valence-electron chi connectivity index (χ4n) is 3.56. The van der Waals surface area contributed by atoms with Gasteiger partial charge in [-0.15, -0.1) is 0 Å². The van der Waals surface area contributed by atoms with E-state index in [1.165, 1.54) is 0 Å². The SMILES string of the molecule is CC1(C)C2CCC1(CC(=O)O)C(O)C2=O. The van der Waals surface area contributed by atoms with E-state index in [0.29, 0.717) is 6.42 Å². The molecule has 0 saturated heterocycles. The molecule has 4 heteroatoms. The highest BCUT2D eigenvalue weighted by Crippen LogP contribution is 2.65. The van der Waals surface area contributed by atoms with E-state index >= 15 is 0 Å². The van der Waals surface area contributed by atoms with Crippen LogP contribution in [0.5, 0.6) is 0 Å². The van der Waals surface area contributed by atoms with Gasteiger partial charge in [-0.2, -0.15) is 0 Å². The number of hydrogen-bond acceptors (Lipinski definition) is 3. The molecule has 2 aliphatic carbocycles. The third kappa shape index (κ3) is 1.06. The normalized spacial score (nSPS) is 42.2. The second-order valence-electron chi connectivity index (χ2n) is 5.34. The number of Topliss-reactive ketones (excluding diaryl/α,β-unsaturated/α-hetero) is 1. The summed E-state index contributed by atoms with van der Waals surface area (Å²) in [7, 11) is 0. The van der Waals surface area contributed by atoms with Gasteiger partial charge in [0.2, 0.25) is 0 Å². The number of ketones is 1. The molecule has 2 fully saturated rings. The summed E-state index contributed by atoms with van der Waals surface area (Å²) in [5.74, 6) is -1.25. The van der Waals surface area contributed by atoms with E-state index in [9.17, 15) is 14.7 Å². The topological polar surface area (TPSA) is 74.6 Å². The van der Waals surface area contributed by atoms with Crippen molar-refractivity contribution in [1.29, 1.82) is 0 Å². The lowest BCUT2D eigenvalue weighted by Crippen LogP contribution is -2.42. The van der Waals surface area contributed by atoms with Crippen LogP contribution in [0.1, 0.15) is 33.1 Å². The van der Waals surface area contributed by atoms with Crippen molar-refractivity contribution in [2.45, 2.75) is 39.2 Å². The first-order valence-corrected chi connectivity index (χ1v) is 5.26. The molecule has 2 rings (SSSR count). The molecule has 2 aliphatic rings. The van der Waals surface area contributed by atoms with Crippen LogP contribution < -0.4 is 0 Å². The van der Waals surface area contributed by atoms with E-state index in [-0.39, 0.29) is 23.5 Å². The summed E-state index contributed by atoms with van der Waals surface area (Å²) in [6, 6.07) is 0. The van der Waals surface area contributed by atoms with Crippen molar-refractivity contribution in [3.05, 3.63) is 0 Å². The van der Waals surface area contributed by atoms with Gasteiger partial charge in [0, 0.05) is 11.3 Å². The van der Waals surface area contributed by atoms with Gasteiger partial charge in [-0.25, -0.2) is 0 Å². The largest absolute Gasteiger partial charge is 0.481 e. The van der Waals surface area contributed by atoms with E-state index < -0.39 is 17.5 Å². The lowest BCUT2D eigenvalue weighted by atomic mass is 9.66. The number of aliphatic hydroxyl groups is 1. The zero-order chi connectivity index (χ0) is 11.4. The van der Waals surface area contributed by atoms with Crippen molar-refractivity contribution in [3.63, 3.8) is 0 Å². The molecule has 0 aromatic carbocycles. The lowest BCUT2D eigenvalue weighted by Gasteiger charge is -2.38. The van der Waals surface area contributed by atoms with Gasteiger partial charge in [0.25, 0.3) is 0 Å². The van der Waals surface area contributed by atoms with Crippen LogP contribution in [0.2, 0.25) is 0 Å². The predicted octanol–water partition coefficient (Wildman–Crippen LogP) is 0.827. The molecule has 15 heavy (non-hydrogen) atoms. The summed E-state index contributed by atoms with van der Waals surface area (Å²) < 4.78 is 0. The van der Waals surface area contributed by atoms with E-state index in [1.807, 2.05) is 13.8 Å². The minimum Gasteiger partial charge on any atom is -0.481 e. The molecule has 0 aromatic rings. The summed E-state index contributed by atoms with van der Waals surface area (Å²) in [5, 5.41) is 18.8. The number of carbonyl (C=O) groups is 2. The molecule has 0 heterocycles. The first kappa shape index (κ1) is 10.6. The molecule has 84 valence electrons. The molecule has 3 unspecified atom stereocenters. The number of aliphatic carboxylic acids is 1. The second kappa shape index (κ2) is 2.82. The Morgan fingerprint density at radius 1 is 1.53 bits per heavy atom. The quantitative estimate of drug-likeness (QED) is 0.710. The fourth-order valence-corrected chi connectivity index (χ4v) is 3.56. The smallest absolute Gasteiger partial charge is 0.304 e. The van der Waals surface area contributed by atoms with Crippen LogP contribution in [0.4, 0.5) is 0 Å². The van der Waals surface area contributed by atoms with E-state index in [4.69, 9.17) is 5.11 Å². The summed E-state index contributed by atoms with van der Waals surface area (Å²) in [6.07, 6.45) is 0.172. The molecule has 2 saturated carbocycles. The number of carbonyl (C=O) groups excluding carboxylic acids is 1. The molecule has 2 N–H and O–H groups in total. The third-order valence-electron chi connectivity index (χ3n) is 4.64. The third-order valence-corrected chi connectivity index (χ3v) is 4.64. The van der Waals surface area contributed by atoms with E-state index in [0.717, 1.165) is 6.42 Å². The van der Waals surface area contributed by atoms with Gasteiger partial charge in [-0.05, 0) is 18.3 Å². The van der Waals surface area contributed by atoms with Crippen LogP contribution in [0, 0.1) is 16.7 Å². The van der Waals surface area contributed by atoms with Crippen molar-refractivity contribution < 1.29 is 19.8 Å². The number of rotatable bonds is 2. The van der Waals surface area contributed by atoms with Crippen molar-refractivity contribution in [2.75, 3.05) is 0 Å². The molecule has 0 aliphatic heterocycles. The average Bonchev–Trinajstić information content (AvgIpc) is 2.41. The van der Waals surface area contributed by atoms with Gasteiger partial charge < -0.3 is 10.2 Å². The van der Waals surface area contributed by atoms with Crippen LogP contribution in [0.25, 0.3) is 0 Å². The van der Waals surface area contributed by atoms with Crippen LogP contribution in [-0.2, 0) is 9.59 Å². The van der Waals surface area contributed by atoms with Crippen molar-refractivity contribution in [1.82, 2.24) is 0 Å². The Morgan fingerprint density at radius 2 is 2.13 bits per heavy atom. The Balaban J connectivity index is 2.44. The Bertz CT molecular complexity index is 333. The summed E-state index contributed by atoms with van der Waals surface area (Å²) in [6.45, 7) is 3.81. The average molecular weight is 212 g/mol. The summed E-state index contributed by atoms with van der Waals surface area (Å²) in [5.41, 5.74) is -1.12. The highest BCUT2D eigenvalue weighted by molar-refractivity contribution is 5.92. The first-order chi connectivity index (χ1) is 6.83. The fraction of sp³-hybridized carbons (Fsp3) is 0.818. The summed E-state index contributed by atoms with van der Waals surface area (Å²) >= 11 is 0. The number of carboxylic acids is 1. The maximum atomic E-state index is 11.7. The van der Waals surface area contributed by atoms with Gasteiger partial charge in [-0.1, -0.05) is 13.8 Å². The number of fused-ring (bicyclic) bond motifs is 2. The Labute approximate surface area is 88.3 Å². The van der Waals surface area contributed by atoms with Crippen molar-refractivity contribution >= 4 is 11.8 Å². The molecule has 0 amide bonds. The van der Waals surface area contributed by atoms with Crippen LogP contribution >= 0.6 is 0 Å². The second-order valence-corrected chi connectivity index (χ2v) is 5.34. The predicted molar refractivity (Wildman–Crippen MR) is 52.2 cm³/mol. The molecule has 4 nitrogen and oxygen atoms in total. The lowest BCUT2D eigenvalue weighted by molar-refractivity contribution is -0.146. The molecule has 3 atom stereocenters. The molecular weight excluding hydrogens is 196 g/mol. The van der Waals surface area contributed by atoms with Gasteiger partial charge in [0.15, 0.2) is 5.78 Å². The Hall–Kier alpha value is -0.900. The van der Waals surface area contributed by atoms with Crippen LogP contribution in [0.15, 0.2) is 0 Å². The first-order valence-electron chi connectivity index (χ1n) is 5.26. The molecular formula is C11H16O4. The summed E-state index contributed by atoms with van der Waals surface area (Å²) in [4.78, 5) is 22.6. The van der Waals surface area contributed by atoms with Crippen LogP contribution in [0.3, 0.4) is 0 Å². The Kier molecular flexibility index (Phi) is 1.99. The van der Waals surface area contributed by atoms with Gasteiger partial charge >= 0.3 is 5.97 Å². The highest BCUT2D eigenvalue weighted by atomic mass is 16.4. The number of hydrogen-bond donors (Lipinski definition) is 2. The highest BCUT2D eigenvalue weighted by Gasteiger charge is 2.68. The maximum Gasteiger partial charge on any atom is 0.304 e. The molecule has 0 aromatic heterocycles. The maximum absolute atomic E-state index is 11.7. The van der Waals surface area contributed by atoms with Crippen LogP contribution in [-0.4, -0.2) is 28.1 Å². The van der Waals surface area contributed by atoms with E-state index in [2.05, 4.69) is 0 Å². The van der Waals surface area contributed by atoms with Gasteiger partial charge in [0.1, 0.15) is 6.10 Å². The van der Waals surface area contributed by atoms with Crippen molar-refractivity contribution in [2.24, 2.45) is 16.7 Å². The molecule has 2 bridgehead atoms. The number of aliphatic hydroxyl groups excluding tert-OH is 1. The molecule has 0 spiro atoms. The van der Waals surface area contributed by atoms with Crippen molar-refractivity contribution in [3.8, 4) is 0 Å². The Morgan fingerprint density at radius 3 is 2.53 bits per heavy atom. The standard InChI is InChI=1S/C11H16O4/c1-10(2)6-3-4-11(10,5-7(12)13)9(15)8(6)14/h6,9,15H,3-5H2,1-2H3,(H,12,13). The minimum atomic E-state index is -1.08.